The maximum Gasteiger partial charge on any atom is 0.226 e. The molecule has 0 aliphatic carbocycles. The molecule has 2 aromatic heterocycles. The summed E-state index contributed by atoms with van der Waals surface area (Å²) in [4.78, 5) is 22.8. The van der Waals surface area contributed by atoms with Crippen LogP contribution in [0, 0.1) is 20.8 Å². The number of amides is 1. The summed E-state index contributed by atoms with van der Waals surface area (Å²) in [7, 11) is 0. The summed E-state index contributed by atoms with van der Waals surface area (Å²) in [6.45, 7) is 6.55. The number of aryl methyl sites for hydroxylation is 3. The molecule has 3 aromatic rings. The van der Waals surface area contributed by atoms with E-state index < -0.39 is 0 Å². The van der Waals surface area contributed by atoms with Crippen molar-refractivity contribution >= 4 is 28.9 Å². The molecular formula is C24H27N5OS. The molecule has 0 radical (unpaired) electrons. The number of carbonyl (C=O) groups excluding carboxylic acids is 1. The van der Waals surface area contributed by atoms with Gasteiger partial charge in [-0.15, -0.1) is 0 Å². The number of aromatic amines is 1. The summed E-state index contributed by atoms with van der Waals surface area (Å²) < 4.78 is 0. The molecule has 1 aromatic carbocycles. The van der Waals surface area contributed by atoms with Gasteiger partial charge in [0.15, 0.2) is 5.11 Å². The van der Waals surface area contributed by atoms with Crippen LogP contribution in [-0.2, 0) is 4.79 Å². The van der Waals surface area contributed by atoms with E-state index in [1.165, 1.54) is 0 Å². The van der Waals surface area contributed by atoms with Crippen LogP contribution in [0.2, 0.25) is 0 Å². The van der Waals surface area contributed by atoms with Crippen molar-refractivity contribution in [3.8, 4) is 0 Å². The number of carbonyl (C=O) groups is 1. The van der Waals surface area contributed by atoms with E-state index in [1.807, 2.05) is 57.2 Å². The molecule has 2 atom stereocenters. The maximum atomic E-state index is 12.7. The first-order chi connectivity index (χ1) is 14.9. The molecule has 1 aliphatic rings. The van der Waals surface area contributed by atoms with Crippen LogP contribution in [0.3, 0.4) is 0 Å². The molecule has 6 nitrogen and oxygen atoms in total. The summed E-state index contributed by atoms with van der Waals surface area (Å²) in [5, 5.41) is 7.09. The molecule has 4 rings (SSSR count). The van der Waals surface area contributed by atoms with Gasteiger partial charge in [-0.25, -0.2) is 0 Å². The first-order valence-electron chi connectivity index (χ1n) is 10.4. The van der Waals surface area contributed by atoms with Gasteiger partial charge in [-0.05, 0) is 74.4 Å². The Balaban J connectivity index is 1.52. The minimum absolute atomic E-state index is 0.0285. The molecule has 3 N–H and O–H groups in total. The molecule has 0 bridgehead atoms. The Kier molecular flexibility index (Phi) is 6.04. The third-order valence-corrected chi connectivity index (χ3v) is 5.97. The predicted octanol–water partition coefficient (Wildman–Crippen LogP) is 4.34. The van der Waals surface area contributed by atoms with Crippen molar-refractivity contribution in [1.82, 2.24) is 20.2 Å². The topological polar surface area (TPSA) is 73.1 Å². The van der Waals surface area contributed by atoms with Gasteiger partial charge in [0, 0.05) is 36.2 Å². The summed E-state index contributed by atoms with van der Waals surface area (Å²) in [5.41, 5.74) is 6.08. The number of H-pyrrole nitrogens is 1. The van der Waals surface area contributed by atoms with E-state index in [0.29, 0.717) is 18.1 Å². The van der Waals surface area contributed by atoms with Crippen molar-refractivity contribution in [3.05, 3.63) is 82.9 Å². The van der Waals surface area contributed by atoms with E-state index in [-0.39, 0.29) is 18.0 Å². The minimum atomic E-state index is -0.0890. The van der Waals surface area contributed by atoms with E-state index in [2.05, 4.69) is 37.6 Å². The zero-order valence-electron chi connectivity index (χ0n) is 18.0. The third kappa shape index (κ3) is 4.61. The molecule has 0 unspecified atom stereocenters. The lowest BCUT2D eigenvalue weighted by Gasteiger charge is -2.27. The van der Waals surface area contributed by atoms with E-state index in [1.54, 1.807) is 6.20 Å². The fraction of sp³-hybridized carbons (Fsp3) is 0.292. The normalized spacial score (nSPS) is 18.2. The van der Waals surface area contributed by atoms with Crippen LogP contribution < -0.4 is 10.6 Å². The molecule has 1 fully saturated rings. The van der Waals surface area contributed by atoms with Gasteiger partial charge in [-0.2, -0.15) is 0 Å². The highest BCUT2D eigenvalue weighted by atomic mass is 32.1. The van der Waals surface area contributed by atoms with Crippen LogP contribution >= 0.6 is 12.2 Å². The molecule has 1 aliphatic heterocycles. The van der Waals surface area contributed by atoms with Crippen molar-refractivity contribution in [1.29, 1.82) is 0 Å². The van der Waals surface area contributed by atoms with Crippen LogP contribution in [0.5, 0.6) is 0 Å². The smallest absolute Gasteiger partial charge is 0.226 e. The predicted molar refractivity (Wildman–Crippen MR) is 127 cm³/mol. The number of nitrogens with one attached hydrogen (secondary N) is 3. The fourth-order valence-corrected chi connectivity index (χ4v) is 4.32. The van der Waals surface area contributed by atoms with E-state index in [0.717, 1.165) is 33.9 Å². The number of benzene rings is 1. The number of hydrogen-bond donors (Lipinski definition) is 3. The maximum absolute atomic E-state index is 12.7. The second-order valence-corrected chi connectivity index (χ2v) is 8.42. The van der Waals surface area contributed by atoms with Gasteiger partial charge < -0.3 is 20.5 Å². The quantitative estimate of drug-likeness (QED) is 0.505. The van der Waals surface area contributed by atoms with Gasteiger partial charge in [0.1, 0.15) is 0 Å². The number of rotatable bonds is 6. The molecule has 0 spiro atoms. The van der Waals surface area contributed by atoms with Crippen molar-refractivity contribution in [3.63, 3.8) is 0 Å². The van der Waals surface area contributed by atoms with E-state index in [4.69, 9.17) is 12.2 Å². The highest BCUT2D eigenvalue weighted by Crippen LogP contribution is 2.38. The second-order valence-electron chi connectivity index (χ2n) is 8.03. The number of nitrogens with zero attached hydrogens (tertiary/aromatic N) is 2. The molecule has 0 saturated carbocycles. The summed E-state index contributed by atoms with van der Waals surface area (Å²) in [5.74, 6) is -0.0285. The molecule has 31 heavy (non-hydrogen) atoms. The highest BCUT2D eigenvalue weighted by Gasteiger charge is 2.40. The third-order valence-electron chi connectivity index (χ3n) is 5.62. The molecule has 1 saturated heterocycles. The summed E-state index contributed by atoms with van der Waals surface area (Å²) >= 11 is 5.66. The monoisotopic (exact) mass is 433 g/mol. The van der Waals surface area contributed by atoms with Crippen LogP contribution in [-0.4, -0.2) is 32.4 Å². The van der Waals surface area contributed by atoms with E-state index in [9.17, 15) is 4.79 Å². The number of aromatic nitrogens is 2. The first-order valence-corrected chi connectivity index (χ1v) is 10.8. The first kappa shape index (κ1) is 21.1. The van der Waals surface area contributed by atoms with Crippen molar-refractivity contribution < 1.29 is 4.79 Å². The summed E-state index contributed by atoms with van der Waals surface area (Å²) in [6, 6.07) is 15.9. The number of pyridine rings is 1. The Labute approximate surface area is 188 Å². The van der Waals surface area contributed by atoms with Crippen LogP contribution in [0.25, 0.3) is 0 Å². The van der Waals surface area contributed by atoms with Gasteiger partial charge in [-0.1, -0.05) is 18.2 Å². The fourth-order valence-electron chi connectivity index (χ4n) is 3.99. The van der Waals surface area contributed by atoms with Gasteiger partial charge in [-0.3, -0.25) is 9.78 Å². The van der Waals surface area contributed by atoms with Crippen molar-refractivity contribution in [2.75, 3.05) is 11.9 Å². The molecule has 7 heteroatoms. The lowest BCUT2D eigenvalue weighted by molar-refractivity contribution is -0.116. The van der Waals surface area contributed by atoms with Gasteiger partial charge in [0.05, 0.1) is 17.8 Å². The van der Waals surface area contributed by atoms with Crippen molar-refractivity contribution in [2.45, 2.75) is 39.3 Å². The van der Waals surface area contributed by atoms with Crippen LogP contribution in [0.4, 0.5) is 5.69 Å². The second kappa shape index (κ2) is 8.89. The average Bonchev–Trinajstić information content (AvgIpc) is 3.32. The Bertz CT molecular complexity index is 1090. The van der Waals surface area contributed by atoms with Gasteiger partial charge >= 0.3 is 0 Å². The Morgan fingerprint density at radius 3 is 2.71 bits per heavy atom. The largest absolute Gasteiger partial charge is 0.361 e. The van der Waals surface area contributed by atoms with Gasteiger partial charge in [0.25, 0.3) is 0 Å². The molecule has 160 valence electrons. The Morgan fingerprint density at radius 1 is 1.16 bits per heavy atom. The minimum Gasteiger partial charge on any atom is -0.361 e. The molecule has 1 amide bonds. The number of anilines is 1. The summed E-state index contributed by atoms with van der Waals surface area (Å²) in [6.07, 6.45) is 2.12. The number of thiocarbonyl (C=S) groups is 1. The molecule has 3 heterocycles. The zero-order chi connectivity index (χ0) is 22.0. The SMILES string of the molecule is Cc1ccc(C)c(NC(=O)CCN2C(=S)N[C@H](c3ccccn3)[C@H]2c2ccc(C)[nH]2)c1. The Morgan fingerprint density at radius 2 is 2.00 bits per heavy atom. The molecular weight excluding hydrogens is 406 g/mol. The Hall–Kier alpha value is -3.19. The van der Waals surface area contributed by atoms with Crippen LogP contribution in [0.1, 0.15) is 46.7 Å². The standard InChI is InChI=1S/C24H27N5OS/c1-15-7-8-16(2)20(14-15)27-21(30)11-13-29-23(19-10-9-17(3)26-19)22(28-24(29)31)18-6-4-5-12-25-18/h4-10,12,14,22-23,26H,11,13H2,1-3H3,(H,27,30)(H,28,31)/t22-,23-/m1/s1. The zero-order valence-corrected chi connectivity index (χ0v) is 18.8. The number of hydrogen-bond acceptors (Lipinski definition) is 3. The van der Waals surface area contributed by atoms with Crippen LogP contribution in [0.15, 0.2) is 54.7 Å². The average molecular weight is 434 g/mol. The van der Waals surface area contributed by atoms with Gasteiger partial charge in [0.2, 0.25) is 5.91 Å². The lowest BCUT2D eigenvalue weighted by Crippen LogP contribution is -2.32. The van der Waals surface area contributed by atoms with Crippen molar-refractivity contribution in [2.24, 2.45) is 0 Å². The highest BCUT2D eigenvalue weighted by molar-refractivity contribution is 7.80. The van der Waals surface area contributed by atoms with E-state index >= 15 is 0 Å². The lowest BCUT2D eigenvalue weighted by atomic mass is 10.0.